The number of likely N-dealkylation sites (N-methyl/N-ethyl adjacent to an activating group) is 1. The zero-order valence-corrected chi connectivity index (χ0v) is 12.4. The first-order valence-corrected chi connectivity index (χ1v) is 6.90. The minimum Gasteiger partial charge on any atom is -0.497 e. The monoisotopic (exact) mass is 270 g/mol. The third-order valence-electron chi connectivity index (χ3n) is 3.45. The van der Waals surface area contributed by atoms with Crippen molar-refractivity contribution in [1.82, 2.24) is 9.88 Å². The zero-order chi connectivity index (χ0) is 14.4. The second-order valence-electron chi connectivity index (χ2n) is 5.23. The van der Waals surface area contributed by atoms with Crippen LogP contribution in [0, 0.1) is 0 Å². The molecule has 0 saturated heterocycles. The summed E-state index contributed by atoms with van der Waals surface area (Å²) in [6, 6.07) is 12.4. The van der Waals surface area contributed by atoms with E-state index >= 15 is 0 Å². The van der Waals surface area contributed by atoms with E-state index in [2.05, 4.69) is 42.1 Å². The van der Waals surface area contributed by atoms with Crippen molar-refractivity contribution < 1.29 is 4.74 Å². The molecule has 20 heavy (non-hydrogen) atoms. The maximum Gasteiger partial charge on any atom is 0.118 e. The van der Waals surface area contributed by atoms with Crippen molar-refractivity contribution in [1.29, 1.82) is 0 Å². The van der Waals surface area contributed by atoms with Crippen LogP contribution in [0.3, 0.4) is 0 Å². The van der Waals surface area contributed by atoms with E-state index in [1.807, 2.05) is 30.6 Å². The fourth-order valence-electron chi connectivity index (χ4n) is 2.37. The summed E-state index contributed by atoms with van der Waals surface area (Å²) in [5.74, 6) is 1.40. The second kappa shape index (κ2) is 7.06. The summed E-state index contributed by atoms with van der Waals surface area (Å²) >= 11 is 0. The molecule has 1 aromatic carbocycles. The van der Waals surface area contributed by atoms with E-state index in [0.29, 0.717) is 5.92 Å². The average molecular weight is 270 g/mol. The van der Waals surface area contributed by atoms with Gasteiger partial charge in [-0.1, -0.05) is 25.1 Å². The highest BCUT2D eigenvalue weighted by molar-refractivity contribution is 5.29. The number of pyridine rings is 1. The van der Waals surface area contributed by atoms with Gasteiger partial charge in [-0.15, -0.1) is 0 Å². The Labute approximate surface area is 121 Å². The van der Waals surface area contributed by atoms with E-state index in [-0.39, 0.29) is 0 Å². The molecule has 3 nitrogen and oxygen atoms in total. The molecule has 0 fully saturated rings. The van der Waals surface area contributed by atoms with Gasteiger partial charge in [-0.3, -0.25) is 4.98 Å². The Kier molecular flexibility index (Phi) is 5.13. The third-order valence-corrected chi connectivity index (χ3v) is 3.45. The topological polar surface area (TPSA) is 25.4 Å². The lowest BCUT2D eigenvalue weighted by Gasteiger charge is -2.21. The fourth-order valence-corrected chi connectivity index (χ4v) is 2.37. The Morgan fingerprint density at radius 2 is 1.95 bits per heavy atom. The molecular weight excluding hydrogens is 248 g/mol. The molecule has 0 unspecified atom stereocenters. The van der Waals surface area contributed by atoms with Gasteiger partial charge in [0.05, 0.1) is 7.11 Å². The summed E-state index contributed by atoms with van der Waals surface area (Å²) in [7, 11) is 3.84. The summed E-state index contributed by atoms with van der Waals surface area (Å²) in [6.07, 6.45) is 3.73. The number of nitrogens with zero attached hydrogens (tertiary/aromatic N) is 2. The average Bonchev–Trinajstić information content (AvgIpc) is 2.48. The molecule has 0 amide bonds. The summed E-state index contributed by atoms with van der Waals surface area (Å²) in [5, 5.41) is 0. The first kappa shape index (κ1) is 14.5. The highest BCUT2D eigenvalue weighted by atomic mass is 16.5. The molecule has 1 atom stereocenters. The Morgan fingerprint density at radius 1 is 1.20 bits per heavy atom. The molecule has 0 aliphatic heterocycles. The number of hydrogen-bond donors (Lipinski definition) is 0. The van der Waals surface area contributed by atoms with E-state index in [1.54, 1.807) is 7.11 Å². The zero-order valence-electron chi connectivity index (χ0n) is 12.4. The maximum absolute atomic E-state index is 5.19. The van der Waals surface area contributed by atoms with Gasteiger partial charge in [-0.2, -0.15) is 0 Å². The van der Waals surface area contributed by atoms with Crippen LogP contribution in [0.4, 0.5) is 0 Å². The van der Waals surface area contributed by atoms with Crippen LogP contribution in [-0.2, 0) is 6.54 Å². The molecule has 0 N–H and O–H groups in total. The highest BCUT2D eigenvalue weighted by Crippen LogP contribution is 2.20. The van der Waals surface area contributed by atoms with Crippen LogP contribution in [0.25, 0.3) is 0 Å². The van der Waals surface area contributed by atoms with Crippen LogP contribution < -0.4 is 4.74 Å². The van der Waals surface area contributed by atoms with Gasteiger partial charge in [0.2, 0.25) is 0 Å². The van der Waals surface area contributed by atoms with Crippen molar-refractivity contribution >= 4 is 0 Å². The highest BCUT2D eigenvalue weighted by Gasteiger charge is 2.09. The van der Waals surface area contributed by atoms with Crippen molar-refractivity contribution in [3.8, 4) is 5.75 Å². The maximum atomic E-state index is 5.19. The molecule has 3 heteroatoms. The normalized spacial score (nSPS) is 12.4. The van der Waals surface area contributed by atoms with Crippen molar-refractivity contribution in [2.45, 2.75) is 19.4 Å². The Balaban J connectivity index is 1.91. The van der Waals surface area contributed by atoms with Crippen LogP contribution in [-0.4, -0.2) is 30.6 Å². The molecule has 0 bridgehead atoms. The molecule has 106 valence electrons. The summed E-state index contributed by atoms with van der Waals surface area (Å²) in [5.41, 5.74) is 2.58. The Morgan fingerprint density at radius 3 is 2.55 bits per heavy atom. The molecule has 0 spiro atoms. The van der Waals surface area contributed by atoms with Crippen LogP contribution in [0.1, 0.15) is 24.0 Å². The van der Waals surface area contributed by atoms with E-state index in [0.717, 1.165) is 18.8 Å². The first-order valence-electron chi connectivity index (χ1n) is 6.90. The molecule has 0 saturated carbocycles. The van der Waals surface area contributed by atoms with Gasteiger partial charge in [0.1, 0.15) is 5.75 Å². The number of aromatic nitrogens is 1. The predicted octanol–water partition coefficient (Wildman–Crippen LogP) is 3.33. The van der Waals surface area contributed by atoms with Crippen LogP contribution >= 0.6 is 0 Å². The van der Waals surface area contributed by atoms with Gasteiger partial charge >= 0.3 is 0 Å². The smallest absolute Gasteiger partial charge is 0.118 e. The van der Waals surface area contributed by atoms with E-state index in [9.17, 15) is 0 Å². The quantitative estimate of drug-likeness (QED) is 0.805. The van der Waals surface area contributed by atoms with Crippen molar-refractivity contribution in [2.24, 2.45) is 0 Å². The molecule has 1 heterocycles. The van der Waals surface area contributed by atoms with Gasteiger partial charge in [-0.25, -0.2) is 0 Å². The van der Waals surface area contributed by atoms with Crippen LogP contribution in [0.5, 0.6) is 5.75 Å². The van der Waals surface area contributed by atoms with Gasteiger partial charge in [0.15, 0.2) is 0 Å². The second-order valence-corrected chi connectivity index (χ2v) is 5.23. The van der Waals surface area contributed by atoms with Crippen molar-refractivity contribution in [3.05, 3.63) is 59.9 Å². The number of rotatable bonds is 6. The van der Waals surface area contributed by atoms with Gasteiger partial charge in [0, 0.05) is 25.5 Å². The lowest BCUT2D eigenvalue weighted by Crippen LogP contribution is -2.23. The van der Waals surface area contributed by atoms with Gasteiger partial charge in [0.25, 0.3) is 0 Å². The molecular formula is C17H22N2O. The lowest BCUT2D eigenvalue weighted by molar-refractivity contribution is 0.309. The summed E-state index contributed by atoms with van der Waals surface area (Å²) < 4.78 is 5.19. The fraction of sp³-hybridized carbons (Fsp3) is 0.353. The lowest BCUT2D eigenvalue weighted by atomic mass is 10.0. The molecule has 2 rings (SSSR count). The number of methoxy groups -OCH3 is 1. The number of hydrogen-bond acceptors (Lipinski definition) is 3. The third kappa shape index (κ3) is 4.07. The van der Waals surface area contributed by atoms with Crippen molar-refractivity contribution in [2.75, 3.05) is 20.7 Å². The van der Waals surface area contributed by atoms with E-state index in [1.165, 1.54) is 11.1 Å². The minimum absolute atomic E-state index is 0.488. The molecule has 0 aliphatic rings. The Bertz CT molecular complexity index is 510. The molecule has 0 aliphatic carbocycles. The van der Waals surface area contributed by atoms with Crippen molar-refractivity contribution in [3.63, 3.8) is 0 Å². The van der Waals surface area contributed by atoms with E-state index in [4.69, 9.17) is 4.74 Å². The number of benzene rings is 1. The van der Waals surface area contributed by atoms with Gasteiger partial charge in [-0.05, 0) is 42.3 Å². The standard InChI is InChI=1S/C17H22N2O/c1-14(16-6-8-17(20-3)9-7-16)12-19(2)13-15-5-4-10-18-11-15/h4-11,14H,12-13H2,1-3H3/t14-/m0/s1. The summed E-state index contributed by atoms with van der Waals surface area (Å²) in [4.78, 5) is 6.48. The SMILES string of the molecule is COc1ccc([C@@H](C)CN(C)Cc2cccnc2)cc1. The van der Waals surface area contributed by atoms with Crippen LogP contribution in [0.2, 0.25) is 0 Å². The predicted molar refractivity (Wildman–Crippen MR) is 82.0 cm³/mol. The molecule has 1 aromatic heterocycles. The van der Waals surface area contributed by atoms with E-state index < -0.39 is 0 Å². The minimum atomic E-state index is 0.488. The molecule has 2 aromatic rings. The molecule has 0 radical (unpaired) electrons. The first-order chi connectivity index (χ1) is 9.69. The van der Waals surface area contributed by atoms with Crippen LogP contribution in [0.15, 0.2) is 48.8 Å². The Hall–Kier alpha value is -1.87. The van der Waals surface area contributed by atoms with Gasteiger partial charge < -0.3 is 9.64 Å². The number of ether oxygens (including phenoxy) is 1. The summed E-state index contributed by atoms with van der Waals surface area (Å²) in [6.45, 7) is 4.19. The largest absolute Gasteiger partial charge is 0.497 e.